The second-order valence-electron chi connectivity index (χ2n) is 7.21. The molecule has 0 radical (unpaired) electrons. The SMILES string of the molecule is N[C@H]1[C@@H](F)CN(C(=O)C2CCO2)[C@H]1Cc1cccc(-c2cccc(F)c2)c1. The van der Waals surface area contributed by atoms with E-state index in [-0.39, 0.29) is 18.3 Å². The van der Waals surface area contributed by atoms with Gasteiger partial charge in [0.25, 0.3) is 5.91 Å². The van der Waals surface area contributed by atoms with E-state index in [2.05, 4.69) is 0 Å². The van der Waals surface area contributed by atoms with Crippen LogP contribution in [0.1, 0.15) is 12.0 Å². The van der Waals surface area contributed by atoms with Crippen LogP contribution in [0.5, 0.6) is 0 Å². The summed E-state index contributed by atoms with van der Waals surface area (Å²) < 4.78 is 33.0. The van der Waals surface area contributed by atoms with Crippen molar-refractivity contribution in [2.75, 3.05) is 13.2 Å². The van der Waals surface area contributed by atoms with Gasteiger partial charge < -0.3 is 15.4 Å². The van der Waals surface area contributed by atoms with E-state index in [0.717, 1.165) is 16.7 Å². The number of halogens is 2. The van der Waals surface area contributed by atoms with E-state index in [1.54, 1.807) is 6.07 Å². The number of carbonyl (C=O) groups excluding carboxylic acids is 1. The number of nitrogens with two attached hydrogens (primary N) is 1. The molecule has 0 saturated carbocycles. The first-order chi connectivity index (χ1) is 13.0. The molecule has 2 aromatic carbocycles. The lowest BCUT2D eigenvalue weighted by Gasteiger charge is -2.33. The molecule has 2 heterocycles. The number of carbonyl (C=O) groups is 1. The third kappa shape index (κ3) is 3.59. The van der Waals surface area contributed by atoms with Crippen LogP contribution in [0.25, 0.3) is 11.1 Å². The minimum atomic E-state index is -1.24. The van der Waals surface area contributed by atoms with Crippen LogP contribution in [0.15, 0.2) is 48.5 Å². The average Bonchev–Trinajstić information content (AvgIpc) is 2.89. The number of likely N-dealkylation sites (tertiary alicyclic amines) is 1. The van der Waals surface area contributed by atoms with Crippen molar-refractivity contribution in [2.24, 2.45) is 5.73 Å². The Hall–Kier alpha value is -2.31. The molecular formula is C21H22F2N2O2. The molecule has 2 aromatic rings. The van der Waals surface area contributed by atoms with Crippen LogP contribution in [0.3, 0.4) is 0 Å². The van der Waals surface area contributed by atoms with Gasteiger partial charge in [0.1, 0.15) is 18.1 Å². The molecule has 4 rings (SSSR count). The molecule has 1 amide bonds. The number of benzene rings is 2. The molecule has 2 fully saturated rings. The zero-order valence-electron chi connectivity index (χ0n) is 14.9. The Kier molecular flexibility index (Phi) is 4.93. The summed E-state index contributed by atoms with van der Waals surface area (Å²) in [7, 11) is 0. The smallest absolute Gasteiger partial charge is 0.252 e. The number of amides is 1. The summed E-state index contributed by atoms with van der Waals surface area (Å²) in [6, 6.07) is 12.9. The molecule has 4 nitrogen and oxygen atoms in total. The number of rotatable bonds is 4. The van der Waals surface area contributed by atoms with Crippen molar-refractivity contribution in [1.82, 2.24) is 4.90 Å². The van der Waals surface area contributed by atoms with Crippen molar-refractivity contribution in [1.29, 1.82) is 0 Å². The monoisotopic (exact) mass is 372 g/mol. The maximum absolute atomic E-state index is 14.3. The molecule has 2 N–H and O–H groups in total. The zero-order chi connectivity index (χ0) is 19.0. The van der Waals surface area contributed by atoms with E-state index in [9.17, 15) is 13.6 Å². The lowest BCUT2D eigenvalue weighted by molar-refractivity contribution is -0.157. The van der Waals surface area contributed by atoms with Crippen molar-refractivity contribution < 1.29 is 18.3 Å². The lowest BCUT2D eigenvalue weighted by Crippen LogP contribution is -2.51. The first-order valence-electron chi connectivity index (χ1n) is 9.19. The summed E-state index contributed by atoms with van der Waals surface area (Å²) in [6.45, 7) is 0.573. The highest BCUT2D eigenvalue weighted by atomic mass is 19.1. The number of hydrogen-bond acceptors (Lipinski definition) is 3. The second kappa shape index (κ2) is 7.37. The lowest BCUT2D eigenvalue weighted by atomic mass is 9.96. The van der Waals surface area contributed by atoms with E-state index in [0.29, 0.717) is 19.4 Å². The molecule has 2 aliphatic rings. The fraction of sp³-hybridized carbons (Fsp3) is 0.381. The topological polar surface area (TPSA) is 55.6 Å². The van der Waals surface area contributed by atoms with Gasteiger partial charge in [-0.25, -0.2) is 8.78 Å². The van der Waals surface area contributed by atoms with Crippen LogP contribution in [-0.2, 0) is 16.0 Å². The first-order valence-corrected chi connectivity index (χ1v) is 9.19. The van der Waals surface area contributed by atoms with Crippen LogP contribution in [0.2, 0.25) is 0 Å². The van der Waals surface area contributed by atoms with Gasteiger partial charge in [0.05, 0.1) is 25.2 Å². The van der Waals surface area contributed by atoms with Crippen LogP contribution >= 0.6 is 0 Å². The third-order valence-electron chi connectivity index (χ3n) is 5.42. The van der Waals surface area contributed by atoms with Gasteiger partial charge in [-0.1, -0.05) is 36.4 Å². The van der Waals surface area contributed by atoms with Gasteiger partial charge >= 0.3 is 0 Å². The summed E-state index contributed by atoms with van der Waals surface area (Å²) in [5.41, 5.74) is 8.64. The fourth-order valence-corrected chi connectivity index (χ4v) is 3.80. The molecule has 2 saturated heterocycles. The molecule has 0 aromatic heterocycles. The predicted octanol–water partition coefficient (Wildman–Crippen LogP) is 2.70. The van der Waals surface area contributed by atoms with Gasteiger partial charge in [-0.2, -0.15) is 0 Å². The number of hydrogen-bond donors (Lipinski definition) is 1. The molecule has 27 heavy (non-hydrogen) atoms. The Bertz CT molecular complexity index is 840. The Labute approximate surface area is 156 Å². The quantitative estimate of drug-likeness (QED) is 0.898. The van der Waals surface area contributed by atoms with Gasteiger partial charge in [0, 0.05) is 6.42 Å². The van der Waals surface area contributed by atoms with Crippen molar-refractivity contribution >= 4 is 5.91 Å². The molecule has 4 atom stereocenters. The highest BCUT2D eigenvalue weighted by Crippen LogP contribution is 2.28. The average molecular weight is 372 g/mol. The van der Waals surface area contributed by atoms with Gasteiger partial charge in [-0.15, -0.1) is 0 Å². The molecule has 1 unspecified atom stereocenters. The van der Waals surface area contributed by atoms with Crippen LogP contribution in [-0.4, -0.2) is 48.3 Å². The van der Waals surface area contributed by atoms with Gasteiger partial charge in [0.2, 0.25) is 0 Å². The predicted molar refractivity (Wildman–Crippen MR) is 98.3 cm³/mol. The summed E-state index contributed by atoms with van der Waals surface area (Å²) in [4.78, 5) is 14.1. The molecular weight excluding hydrogens is 350 g/mol. The van der Waals surface area contributed by atoms with E-state index in [1.165, 1.54) is 17.0 Å². The van der Waals surface area contributed by atoms with Crippen LogP contribution in [0, 0.1) is 5.82 Å². The molecule has 0 spiro atoms. The van der Waals surface area contributed by atoms with E-state index >= 15 is 0 Å². The van der Waals surface area contributed by atoms with Crippen molar-refractivity contribution in [3.05, 3.63) is 59.9 Å². The maximum Gasteiger partial charge on any atom is 0.252 e. The van der Waals surface area contributed by atoms with Crippen molar-refractivity contribution in [3.63, 3.8) is 0 Å². The standard InChI is InChI=1S/C21H22F2N2O2/c22-16-6-2-5-15(11-16)14-4-1-3-13(9-14)10-18-20(24)17(23)12-25(18)21(26)19-7-8-27-19/h1-6,9,11,17-20H,7-8,10,12,24H2/t17-,18-,19?,20-/m0/s1. The van der Waals surface area contributed by atoms with E-state index in [4.69, 9.17) is 10.5 Å². The third-order valence-corrected chi connectivity index (χ3v) is 5.42. The Morgan fingerprint density at radius 1 is 1.19 bits per heavy atom. The molecule has 0 aliphatic carbocycles. The minimum absolute atomic E-state index is 0.00805. The summed E-state index contributed by atoms with van der Waals surface area (Å²) in [5.74, 6) is -0.476. The minimum Gasteiger partial charge on any atom is -0.368 e. The highest BCUT2D eigenvalue weighted by Gasteiger charge is 2.45. The largest absolute Gasteiger partial charge is 0.368 e. The number of ether oxygens (including phenoxy) is 1. The normalized spacial score (nSPS) is 27.4. The Morgan fingerprint density at radius 3 is 2.56 bits per heavy atom. The number of alkyl halides is 1. The zero-order valence-corrected chi connectivity index (χ0v) is 14.9. The fourth-order valence-electron chi connectivity index (χ4n) is 3.80. The highest BCUT2D eigenvalue weighted by molar-refractivity contribution is 5.82. The first kappa shape index (κ1) is 18.1. The molecule has 142 valence electrons. The van der Waals surface area contributed by atoms with Crippen LogP contribution in [0.4, 0.5) is 8.78 Å². The Morgan fingerprint density at radius 2 is 1.89 bits per heavy atom. The van der Waals surface area contributed by atoms with E-state index in [1.807, 2.05) is 30.3 Å². The molecule has 0 bridgehead atoms. The molecule has 2 aliphatic heterocycles. The van der Waals surface area contributed by atoms with Crippen molar-refractivity contribution in [3.8, 4) is 11.1 Å². The maximum atomic E-state index is 14.3. The number of nitrogens with zero attached hydrogens (tertiary/aromatic N) is 1. The molecule has 6 heteroatoms. The summed E-state index contributed by atoms with van der Waals surface area (Å²) in [6.07, 6.45) is -0.596. The van der Waals surface area contributed by atoms with Gasteiger partial charge in [-0.05, 0) is 35.2 Å². The van der Waals surface area contributed by atoms with Crippen LogP contribution < -0.4 is 5.73 Å². The van der Waals surface area contributed by atoms with E-state index < -0.39 is 24.4 Å². The van der Waals surface area contributed by atoms with Gasteiger partial charge in [-0.3, -0.25) is 4.79 Å². The Balaban J connectivity index is 1.56. The summed E-state index contributed by atoms with van der Waals surface area (Å²) in [5, 5.41) is 0. The van der Waals surface area contributed by atoms with Gasteiger partial charge in [0.15, 0.2) is 0 Å². The summed E-state index contributed by atoms with van der Waals surface area (Å²) >= 11 is 0. The second-order valence-corrected chi connectivity index (χ2v) is 7.21. The van der Waals surface area contributed by atoms with Crippen molar-refractivity contribution in [2.45, 2.75) is 37.2 Å².